The molecule has 3 aromatic carbocycles. The number of aryl methyl sites for hydroxylation is 1. The second kappa shape index (κ2) is 12.5. The zero-order valence-corrected chi connectivity index (χ0v) is 25.8. The lowest BCUT2D eigenvalue weighted by Gasteiger charge is -2.33. The van der Waals surface area contributed by atoms with E-state index in [9.17, 15) is 18.0 Å². The van der Waals surface area contributed by atoms with Crippen LogP contribution in [0.25, 0.3) is 0 Å². The van der Waals surface area contributed by atoms with E-state index in [1.54, 1.807) is 38.1 Å². The Kier molecular flexibility index (Phi) is 9.85. The number of carbonyl (C=O) groups is 2. The number of anilines is 1. The molecule has 208 valence electrons. The largest absolute Gasteiger partial charge is 0.350 e. The summed E-state index contributed by atoms with van der Waals surface area (Å²) in [6.45, 7) is 8.60. The third kappa shape index (κ3) is 8.06. The van der Waals surface area contributed by atoms with Crippen molar-refractivity contribution in [2.45, 2.75) is 57.6 Å². The molecule has 0 radical (unpaired) electrons. The molecule has 0 aliphatic carbocycles. The lowest BCUT2D eigenvalue weighted by molar-refractivity contribution is -0.140. The fraction of sp³-hybridized carbons (Fsp3) is 0.310. The third-order valence-electron chi connectivity index (χ3n) is 5.97. The number of nitrogens with one attached hydrogen (secondary N) is 1. The van der Waals surface area contributed by atoms with E-state index in [4.69, 9.17) is 11.6 Å². The van der Waals surface area contributed by atoms with Crippen molar-refractivity contribution in [2.24, 2.45) is 0 Å². The summed E-state index contributed by atoms with van der Waals surface area (Å²) in [5.74, 6) is -0.860. The Balaban J connectivity index is 2.05. The number of nitrogens with zero attached hydrogens (tertiary/aromatic N) is 2. The van der Waals surface area contributed by atoms with Gasteiger partial charge in [-0.2, -0.15) is 0 Å². The van der Waals surface area contributed by atoms with Crippen molar-refractivity contribution < 1.29 is 18.0 Å². The Morgan fingerprint density at radius 3 is 2.23 bits per heavy atom. The molecule has 0 heterocycles. The van der Waals surface area contributed by atoms with Crippen LogP contribution in [0.2, 0.25) is 5.02 Å². The Labute approximate surface area is 244 Å². The average molecular weight is 635 g/mol. The van der Waals surface area contributed by atoms with E-state index in [1.807, 2.05) is 45.0 Å². The van der Waals surface area contributed by atoms with Crippen LogP contribution in [0.5, 0.6) is 0 Å². The van der Waals surface area contributed by atoms with Crippen molar-refractivity contribution in [2.75, 3.05) is 10.8 Å². The molecule has 0 saturated carbocycles. The zero-order valence-electron chi connectivity index (χ0n) is 22.6. The first-order chi connectivity index (χ1) is 18.2. The number of sulfonamides is 1. The Hall–Kier alpha value is -2.88. The molecule has 0 spiro atoms. The minimum Gasteiger partial charge on any atom is -0.350 e. The van der Waals surface area contributed by atoms with Crippen LogP contribution in [-0.4, -0.2) is 43.3 Å². The second-order valence-electron chi connectivity index (χ2n) is 10.3. The molecule has 3 rings (SSSR count). The molecule has 0 fully saturated rings. The third-order valence-corrected chi connectivity index (χ3v) is 8.49. The Morgan fingerprint density at radius 2 is 1.64 bits per heavy atom. The molecule has 0 aliphatic heterocycles. The van der Waals surface area contributed by atoms with E-state index in [0.29, 0.717) is 16.3 Å². The van der Waals surface area contributed by atoms with Crippen LogP contribution in [0.3, 0.4) is 0 Å². The van der Waals surface area contributed by atoms with Gasteiger partial charge in [0.15, 0.2) is 0 Å². The SMILES string of the molecule is Cc1ccccc1N(CC(=O)N(Cc1cccc(Br)c1)C(C)C(=O)NC(C)(C)C)S(=O)(=O)c1ccc(Cl)cc1. The van der Waals surface area contributed by atoms with Crippen molar-refractivity contribution in [3.8, 4) is 0 Å². The van der Waals surface area contributed by atoms with Gasteiger partial charge in [0, 0.05) is 21.6 Å². The molecule has 0 aliphatic rings. The molecule has 0 aromatic heterocycles. The van der Waals surface area contributed by atoms with Crippen LogP contribution < -0.4 is 9.62 Å². The predicted octanol–water partition coefficient (Wildman–Crippen LogP) is 5.94. The van der Waals surface area contributed by atoms with Gasteiger partial charge in [0.2, 0.25) is 11.8 Å². The minimum absolute atomic E-state index is 0.0000158. The molecule has 3 aromatic rings. The molecule has 1 atom stereocenters. The van der Waals surface area contributed by atoms with Gasteiger partial charge in [0.25, 0.3) is 10.0 Å². The Bertz CT molecular complexity index is 1440. The molecule has 1 unspecified atom stereocenters. The number of para-hydroxylation sites is 1. The summed E-state index contributed by atoms with van der Waals surface area (Å²) < 4.78 is 29.7. The van der Waals surface area contributed by atoms with Gasteiger partial charge in [-0.15, -0.1) is 0 Å². The Morgan fingerprint density at radius 1 is 1.00 bits per heavy atom. The lowest BCUT2D eigenvalue weighted by atomic mass is 10.1. The summed E-state index contributed by atoms with van der Waals surface area (Å²) >= 11 is 9.45. The molecule has 10 heteroatoms. The summed E-state index contributed by atoms with van der Waals surface area (Å²) in [5, 5.41) is 3.32. The standard InChI is InChI=1S/C29H33BrClN3O4S/c1-20-9-6-7-12-26(20)34(39(37,38)25-15-13-24(31)14-16-25)19-27(35)33(18-22-10-8-11-23(30)17-22)21(2)28(36)32-29(3,4)5/h6-17,21H,18-19H2,1-5H3,(H,32,36). The maximum absolute atomic E-state index is 14.0. The zero-order chi connectivity index (χ0) is 29.0. The number of benzene rings is 3. The normalized spacial score (nSPS) is 12.5. The number of hydrogen-bond donors (Lipinski definition) is 1. The van der Waals surface area contributed by atoms with Crippen molar-refractivity contribution in [1.82, 2.24) is 10.2 Å². The molecular weight excluding hydrogens is 602 g/mol. The van der Waals surface area contributed by atoms with Gasteiger partial charge in [-0.1, -0.05) is 57.9 Å². The van der Waals surface area contributed by atoms with Gasteiger partial charge < -0.3 is 10.2 Å². The van der Waals surface area contributed by atoms with E-state index in [0.717, 1.165) is 14.3 Å². The maximum Gasteiger partial charge on any atom is 0.264 e. The van der Waals surface area contributed by atoms with Crippen LogP contribution in [-0.2, 0) is 26.2 Å². The highest BCUT2D eigenvalue weighted by molar-refractivity contribution is 9.10. The summed E-state index contributed by atoms with van der Waals surface area (Å²) in [4.78, 5) is 28.5. The minimum atomic E-state index is -4.16. The van der Waals surface area contributed by atoms with Crippen LogP contribution in [0.1, 0.15) is 38.8 Å². The molecular formula is C29H33BrClN3O4S. The monoisotopic (exact) mass is 633 g/mol. The van der Waals surface area contributed by atoms with E-state index in [-0.39, 0.29) is 17.3 Å². The van der Waals surface area contributed by atoms with Crippen LogP contribution in [0.15, 0.2) is 82.2 Å². The summed E-state index contributed by atoms with van der Waals surface area (Å²) in [6.07, 6.45) is 0. The summed E-state index contributed by atoms with van der Waals surface area (Å²) in [7, 11) is -4.16. The molecule has 39 heavy (non-hydrogen) atoms. The quantitative estimate of drug-likeness (QED) is 0.316. The molecule has 0 saturated heterocycles. The smallest absolute Gasteiger partial charge is 0.264 e. The van der Waals surface area contributed by atoms with Crippen molar-refractivity contribution in [3.63, 3.8) is 0 Å². The van der Waals surface area contributed by atoms with Gasteiger partial charge in [0.05, 0.1) is 10.6 Å². The molecule has 0 bridgehead atoms. The van der Waals surface area contributed by atoms with Crippen LogP contribution in [0.4, 0.5) is 5.69 Å². The number of carbonyl (C=O) groups excluding carboxylic acids is 2. The fourth-order valence-electron chi connectivity index (χ4n) is 3.98. The van der Waals surface area contributed by atoms with Crippen molar-refractivity contribution >= 4 is 55.1 Å². The highest BCUT2D eigenvalue weighted by atomic mass is 79.9. The van der Waals surface area contributed by atoms with Gasteiger partial charge in [-0.25, -0.2) is 8.42 Å². The van der Waals surface area contributed by atoms with Crippen LogP contribution >= 0.6 is 27.5 Å². The molecule has 1 N–H and O–H groups in total. The second-order valence-corrected chi connectivity index (χ2v) is 13.5. The van der Waals surface area contributed by atoms with Crippen molar-refractivity contribution in [3.05, 3.63) is 93.4 Å². The predicted molar refractivity (Wildman–Crippen MR) is 159 cm³/mol. The van der Waals surface area contributed by atoms with Gasteiger partial charge in [-0.3, -0.25) is 13.9 Å². The highest BCUT2D eigenvalue weighted by Crippen LogP contribution is 2.28. The topological polar surface area (TPSA) is 86.8 Å². The van der Waals surface area contributed by atoms with Crippen LogP contribution in [0, 0.1) is 6.92 Å². The highest BCUT2D eigenvalue weighted by Gasteiger charge is 2.33. The van der Waals surface area contributed by atoms with E-state index in [2.05, 4.69) is 21.2 Å². The fourth-order valence-corrected chi connectivity index (χ4v) is 6.03. The number of hydrogen-bond acceptors (Lipinski definition) is 4. The number of amides is 2. The average Bonchev–Trinajstić information content (AvgIpc) is 2.85. The van der Waals surface area contributed by atoms with E-state index in [1.165, 1.54) is 29.2 Å². The lowest BCUT2D eigenvalue weighted by Crippen LogP contribution is -2.54. The first-order valence-corrected chi connectivity index (χ1v) is 15.0. The first-order valence-electron chi connectivity index (χ1n) is 12.4. The van der Waals surface area contributed by atoms with E-state index < -0.39 is 34.1 Å². The van der Waals surface area contributed by atoms with Crippen molar-refractivity contribution in [1.29, 1.82) is 0 Å². The maximum atomic E-state index is 14.0. The van der Waals surface area contributed by atoms with Gasteiger partial charge in [-0.05, 0) is 88.2 Å². The van der Waals surface area contributed by atoms with Gasteiger partial charge >= 0.3 is 0 Å². The molecule has 7 nitrogen and oxygen atoms in total. The first kappa shape index (κ1) is 30.7. The summed E-state index contributed by atoms with van der Waals surface area (Å²) in [6, 6.07) is 19.3. The molecule has 2 amide bonds. The van der Waals surface area contributed by atoms with Gasteiger partial charge in [0.1, 0.15) is 12.6 Å². The number of halogens is 2. The summed E-state index contributed by atoms with van der Waals surface area (Å²) in [5.41, 5.74) is 1.33. The van der Waals surface area contributed by atoms with E-state index >= 15 is 0 Å². The number of rotatable bonds is 9.